The first-order valence-corrected chi connectivity index (χ1v) is 6.81. The maximum Gasteiger partial charge on any atom is 0.0359 e. The molecular weight excluding hydrogens is 208 g/mol. The van der Waals surface area contributed by atoms with Crippen LogP contribution in [0.15, 0.2) is 24.3 Å². The van der Waals surface area contributed by atoms with Gasteiger partial charge in [-0.25, -0.2) is 0 Å². The molecule has 1 aliphatic carbocycles. The third kappa shape index (κ3) is 3.22. The lowest BCUT2D eigenvalue weighted by molar-refractivity contribution is 0.180. The lowest BCUT2D eigenvalue weighted by Gasteiger charge is -2.29. The maximum absolute atomic E-state index is 6.04. The molecule has 0 amide bonds. The zero-order chi connectivity index (χ0) is 12.3. The Kier molecular flexibility index (Phi) is 4.06. The van der Waals surface area contributed by atoms with Gasteiger partial charge in [-0.1, -0.05) is 31.5 Å². The summed E-state index contributed by atoms with van der Waals surface area (Å²) in [5.41, 5.74) is 8.25. The van der Waals surface area contributed by atoms with E-state index in [1.807, 2.05) is 12.1 Å². The Morgan fingerprint density at radius 1 is 1.35 bits per heavy atom. The van der Waals surface area contributed by atoms with Crippen LogP contribution in [-0.2, 0) is 6.54 Å². The molecule has 1 aromatic rings. The lowest BCUT2D eigenvalue weighted by Crippen LogP contribution is -2.34. The quantitative estimate of drug-likeness (QED) is 0.761. The molecule has 0 radical (unpaired) electrons. The number of para-hydroxylation sites is 1. The molecule has 0 bridgehead atoms. The fourth-order valence-corrected chi connectivity index (χ4v) is 2.51. The van der Waals surface area contributed by atoms with Crippen molar-refractivity contribution in [2.45, 2.75) is 58.2 Å². The van der Waals surface area contributed by atoms with Crippen molar-refractivity contribution in [3.8, 4) is 0 Å². The maximum atomic E-state index is 6.04. The zero-order valence-electron chi connectivity index (χ0n) is 11.0. The van der Waals surface area contributed by atoms with Gasteiger partial charge in [0.05, 0.1) is 0 Å². The third-order valence-electron chi connectivity index (χ3n) is 3.70. The minimum Gasteiger partial charge on any atom is -0.398 e. The summed E-state index contributed by atoms with van der Waals surface area (Å²) in [5, 5.41) is 0. The van der Waals surface area contributed by atoms with Crippen LogP contribution in [0.1, 0.15) is 45.1 Å². The lowest BCUT2D eigenvalue weighted by atomic mass is 10.1. The van der Waals surface area contributed by atoms with Gasteiger partial charge in [0.2, 0.25) is 0 Å². The number of hydrogen-bond donors (Lipinski definition) is 1. The van der Waals surface area contributed by atoms with Crippen molar-refractivity contribution < 1.29 is 0 Å². The van der Waals surface area contributed by atoms with Crippen molar-refractivity contribution in [2.75, 3.05) is 5.73 Å². The van der Waals surface area contributed by atoms with E-state index >= 15 is 0 Å². The first-order valence-electron chi connectivity index (χ1n) is 6.81. The van der Waals surface area contributed by atoms with E-state index in [-0.39, 0.29) is 0 Å². The van der Waals surface area contributed by atoms with Crippen LogP contribution in [0.5, 0.6) is 0 Å². The molecule has 1 unspecified atom stereocenters. The van der Waals surface area contributed by atoms with E-state index in [4.69, 9.17) is 5.73 Å². The number of nitrogens with two attached hydrogens (primary N) is 1. The summed E-state index contributed by atoms with van der Waals surface area (Å²) in [5.74, 6) is 0. The number of rotatable bonds is 6. The number of nitrogens with zero attached hydrogens (tertiary/aromatic N) is 1. The van der Waals surface area contributed by atoms with Gasteiger partial charge in [0, 0.05) is 24.3 Å². The largest absolute Gasteiger partial charge is 0.398 e. The molecule has 0 heterocycles. The molecule has 0 aromatic heterocycles. The topological polar surface area (TPSA) is 29.3 Å². The van der Waals surface area contributed by atoms with Crippen LogP contribution < -0.4 is 5.73 Å². The summed E-state index contributed by atoms with van der Waals surface area (Å²) >= 11 is 0. The van der Waals surface area contributed by atoms with Crippen LogP contribution in [0.2, 0.25) is 0 Å². The molecule has 1 aliphatic rings. The average Bonchev–Trinajstić information content (AvgIpc) is 3.12. The Hall–Kier alpha value is -1.02. The molecule has 0 spiro atoms. The van der Waals surface area contributed by atoms with Crippen molar-refractivity contribution in [2.24, 2.45) is 0 Å². The van der Waals surface area contributed by atoms with E-state index in [1.165, 1.54) is 31.2 Å². The van der Waals surface area contributed by atoms with Gasteiger partial charge >= 0.3 is 0 Å². The predicted octanol–water partition coefficient (Wildman–Crippen LogP) is 3.42. The van der Waals surface area contributed by atoms with E-state index in [1.54, 1.807) is 0 Å². The number of benzene rings is 1. The summed E-state index contributed by atoms with van der Waals surface area (Å²) in [6.45, 7) is 5.62. The highest BCUT2D eigenvalue weighted by atomic mass is 15.2. The summed E-state index contributed by atoms with van der Waals surface area (Å²) < 4.78 is 0. The minimum atomic E-state index is 0.673. The van der Waals surface area contributed by atoms with Crippen LogP contribution in [0, 0.1) is 0 Å². The van der Waals surface area contributed by atoms with Crippen molar-refractivity contribution in [3.05, 3.63) is 29.8 Å². The third-order valence-corrected chi connectivity index (χ3v) is 3.70. The molecule has 1 fully saturated rings. The van der Waals surface area contributed by atoms with Gasteiger partial charge in [-0.3, -0.25) is 4.90 Å². The molecule has 0 aliphatic heterocycles. The molecule has 1 saturated carbocycles. The Balaban J connectivity index is 2.05. The van der Waals surface area contributed by atoms with E-state index in [0.29, 0.717) is 6.04 Å². The van der Waals surface area contributed by atoms with Gasteiger partial charge in [0.15, 0.2) is 0 Å². The fraction of sp³-hybridized carbons (Fsp3) is 0.600. The SMILES string of the molecule is CCCC(C)N(Cc1ccccc1N)C1CC1. The number of hydrogen-bond acceptors (Lipinski definition) is 2. The molecule has 1 aromatic carbocycles. The summed E-state index contributed by atoms with van der Waals surface area (Å²) in [7, 11) is 0. The van der Waals surface area contributed by atoms with Crippen LogP contribution >= 0.6 is 0 Å². The molecule has 2 nitrogen and oxygen atoms in total. The van der Waals surface area contributed by atoms with Crippen molar-refractivity contribution in [1.29, 1.82) is 0 Å². The van der Waals surface area contributed by atoms with E-state index < -0.39 is 0 Å². The van der Waals surface area contributed by atoms with Gasteiger partial charge in [0.25, 0.3) is 0 Å². The molecule has 0 saturated heterocycles. The average molecular weight is 232 g/mol. The molecular formula is C15H24N2. The number of nitrogen functional groups attached to an aromatic ring is 1. The van der Waals surface area contributed by atoms with Crippen LogP contribution in [0.4, 0.5) is 5.69 Å². The first kappa shape index (κ1) is 12.4. The molecule has 2 rings (SSSR count). The van der Waals surface area contributed by atoms with Crippen molar-refractivity contribution in [1.82, 2.24) is 4.90 Å². The molecule has 2 N–H and O–H groups in total. The Labute approximate surface area is 105 Å². The van der Waals surface area contributed by atoms with E-state index in [2.05, 4.69) is 30.9 Å². The molecule has 1 atom stereocenters. The Morgan fingerprint density at radius 2 is 2.06 bits per heavy atom. The molecule has 94 valence electrons. The monoisotopic (exact) mass is 232 g/mol. The van der Waals surface area contributed by atoms with Crippen LogP contribution in [0.25, 0.3) is 0 Å². The summed E-state index contributed by atoms with van der Waals surface area (Å²) in [4.78, 5) is 2.63. The van der Waals surface area contributed by atoms with Gasteiger partial charge < -0.3 is 5.73 Å². The highest BCUT2D eigenvalue weighted by molar-refractivity contribution is 5.46. The smallest absolute Gasteiger partial charge is 0.0359 e. The summed E-state index contributed by atoms with van der Waals surface area (Å²) in [6, 6.07) is 9.73. The normalized spacial score (nSPS) is 17.4. The standard InChI is InChI=1S/C15H24N2/c1-3-6-12(2)17(14-9-10-14)11-13-7-4-5-8-15(13)16/h4-5,7-8,12,14H,3,6,9-11,16H2,1-2H3. The Morgan fingerprint density at radius 3 is 2.65 bits per heavy atom. The zero-order valence-corrected chi connectivity index (χ0v) is 11.0. The van der Waals surface area contributed by atoms with Crippen LogP contribution in [0.3, 0.4) is 0 Å². The molecule has 17 heavy (non-hydrogen) atoms. The highest BCUT2D eigenvalue weighted by Crippen LogP contribution is 2.32. The van der Waals surface area contributed by atoms with Gasteiger partial charge in [-0.05, 0) is 37.8 Å². The van der Waals surface area contributed by atoms with Crippen molar-refractivity contribution >= 4 is 5.69 Å². The second kappa shape index (κ2) is 5.54. The van der Waals surface area contributed by atoms with Gasteiger partial charge in [0.1, 0.15) is 0 Å². The van der Waals surface area contributed by atoms with E-state index in [9.17, 15) is 0 Å². The Bertz CT molecular complexity index is 358. The van der Waals surface area contributed by atoms with Crippen LogP contribution in [-0.4, -0.2) is 17.0 Å². The van der Waals surface area contributed by atoms with E-state index in [0.717, 1.165) is 18.3 Å². The second-order valence-electron chi connectivity index (χ2n) is 5.24. The van der Waals surface area contributed by atoms with Gasteiger partial charge in [-0.15, -0.1) is 0 Å². The molecule has 2 heteroatoms. The summed E-state index contributed by atoms with van der Waals surface area (Å²) in [6.07, 6.45) is 5.26. The first-order chi connectivity index (χ1) is 8.22. The number of anilines is 1. The minimum absolute atomic E-state index is 0.673. The fourth-order valence-electron chi connectivity index (χ4n) is 2.51. The highest BCUT2D eigenvalue weighted by Gasteiger charge is 2.31. The van der Waals surface area contributed by atoms with Gasteiger partial charge in [-0.2, -0.15) is 0 Å². The van der Waals surface area contributed by atoms with Crippen molar-refractivity contribution in [3.63, 3.8) is 0 Å². The second-order valence-corrected chi connectivity index (χ2v) is 5.24. The predicted molar refractivity (Wildman–Crippen MR) is 73.8 cm³/mol.